The van der Waals surface area contributed by atoms with Gasteiger partial charge in [-0.15, -0.1) is 0 Å². The van der Waals surface area contributed by atoms with E-state index in [1.54, 1.807) is 6.20 Å². The van der Waals surface area contributed by atoms with Crippen LogP contribution < -0.4 is 10.6 Å². The van der Waals surface area contributed by atoms with Crippen molar-refractivity contribution < 1.29 is 9.59 Å². The SMILES string of the molecule is Cc1cccnc1CNC(=O)[C@H]1C[C@H]2CCCN2[C@]12C(=O)Nc1ccccc12. The van der Waals surface area contributed by atoms with Crippen molar-refractivity contribution in [1.82, 2.24) is 15.2 Å². The molecule has 0 aliphatic carbocycles. The van der Waals surface area contributed by atoms with Gasteiger partial charge in [0.2, 0.25) is 11.8 Å². The topological polar surface area (TPSA) is 74.3 Å². The summed E-state index contributed by atoms with van der Waals surface area (Å²) < 4.78 is 0. The summed E-state index contributed by atoms with van der Waals surface area (Å²) in [4.78, 5) is 33.3. The fraction of sp³-hybridized carbons (Fsp3) is 0.409. The van der Waals surface area contributed by atoms with E-state index in [9.17, 15) is 9.59 Å². The predicted octanol–water partition coefficient (Wildman–Crippen LogP) is 2.34. The van der Waals surface area contributed by atoms with Gasteiger partial charge in [-0.25, -0.2) is 0 Å². The van der Waals surface area contributed by atoms with Gasteiger partial charge in [0.15, 0.2) is 0 Å². The van der Waals surface area contributed by atoms with E-state index in [1.165, 1.54) is 0 Å². The molecular formula is C22H24N4O2. The first kappa shape index (κ1) is 17.4. The molecule has 0 radical (unpaired) electrons. The second-order valence-corrected chi connectivity index (χ2v) is 8.03. The summed E-state index contributed by atoms with van der Waals surface area (Å²) in [6, 6.07) is 12.0. The Balaban J connectivity index is 1.49. The maximum Gasteiger partial charge on any atom is 0.250 e. The Morgan fingerprint density at radius 3 is 3.04 bits per heavy atom. The smallest absolute Gasteiger partial charge is 0.250 e. The third-order valence-corrected chi connectivity index (χ3v) is 6.64. The van der Waals surface area contributed by atoms with Crippen molar-refractivity contribution in [3.63, 3.8) is 0 Å². The highest BCUT2D eigenvalue weighted by Gasteiger charge is 2.65. The summed E-state index contributed by atoms with van der Waals surface area (Å²) in [7, 11) is 0. The third kappa shape index (κ3) is 2.34. The molecule has 1 aromatic heterocycles. The van der Waals surface area contributed by atoms with E-state index < -0.39 is 11.5 Å². The molecular weight excluding hydrogens is 352 g/mol. The predicted molar refractivity (Wildman–Crippen MR) is 105 cm³/mol. The number of para-hydroxylation sites is 1. The van der Waals surface area contributed by atoms with Crippen LogP contribution in [0.4, 0.5) is 5.69 Å². The molecule has 6 nitrogen and oxygen atoms in total. The number of fused-ring (bicyclic) bond motifs is 4. The van der Waals surface area contributed by atoms with Crippen molar-refractivity contribution in [3.05, 3.63) is 59.4 Å². The van der Waals surface area contributed by atoms with Crippen LogP contribution >= 0.6 is 0 Å². The molecule has 0 unspecified atom stereocenters. The van der Waals surface area contributed by atoms with Crippen LogP contribution in [0.2, 0.25) is 0 Å². The summed E-state index contributed by atoms with van der Waals surface area (Å²) in [5.74, 6) is -0.524. The summed E-state index contributed by atoms with van der Waals surface area (Å²) in [6.45, 7) is 3.23. The van der Waals surface area contributed by atoms with Crippen LogP contribution in [0.5, 0.6) is 0 Å². The van der Waals surface area contributed by atoms with E-state index in [-0.39, 0.29) is 17.9 Å². The van der Waals surface area contributed by atoms with Gasteiger partial charge >= 0.3 is 0 Å². The van der Waals surface area contributed by atoms with Crippen molar-refractivity contribution in [2.45, 2.75) is 44.3 Å². The molecule has 5 rings (SSSR count). The van der Waals surface area contributed by atoms with Gasteiger partial charge in [0.1, 0.15) is 5.54 Å². The van der Waals surface area contributed by atoms with E-state index in [2.05, 4.69) is 20.5 Å². The van der Waals surface area contributed by atoms with Gasteiger partial charge in [-0.3, -0.25) is 19.5 Å². The van der Waals surface area contributed by atoms with E-state index in [1.807, 2.05) is 43.3 Å². The molecule has 0 saturated carbocycles. The lowest BCUT2D eigenvalue weighted by atomic mass is 9.78. The average Bonchev–Trinajstić information content (AvgIpc) is 3.35. The number of amides is 2. The minimum Gasteiger partial charge on any atom is -0.350 e. The van der Waals surface area contributed by atoms with Crippen LogP contribution in [0, 0.1) is 12.8 Å². The van der Waals surface area contributed by atoms with Gasteiger partial charge in [-0.2, -0.15) is 0 Å². The number of aryl methyl sites for hydroxylation is 1. The van der Waals surface area contributed by atoms with Crippen molar-refractivity contribution in [1.29, 1.82) is 0 Å². The first-order valence-electron chi connectivity index (χ1n) is 9.98. The highest BCUT2D eigenvalue weighted by atomic mass is 16.2. The number of nitrogens with one attached hydrogen (secondary N) is 2. The number of nitrogens with zero attached hydrogens (tertiary/aromatic N) is 2. The number of rotatable bonds is 3. The monoisotopic (exact) mass is 376 g/mol. The van der Waals surface area contributed by atoms with Gasteiger partial charge < -0.3 is 10.6 Å². The van der Waals surface area contributed by atoms with E-state index in [0.29, 0.717) is 6.54 Å². The molecule has 2 amide bonds. The number of hydrogen-bond acceptors (Lipinski definition) is 4. The zero-order valence-corrected chi connectivity index (χ0v) is 15.9. The number of benzene rings is 1. The quantitative estimate of drug-likeness (QED) is 0.862. The zero-order chi connectivity index (χ0) is 19.3. The van der Waals surface area contributed by atoms with Crippen LogP contribution in [0.3, 0.4) is 0 Å². The molecule has 1 spiro atoms. The summed E-state index contributed by atoms with van der Waals surface area (Å²) in [6.07, 6.45) is 4.57. The standard InChI is InChI=1S/C22H24N4O2/c1-14-6-4-10-23-19(14)13-24-20(27)17-12-15-7-5-11-26(15)22(17)16-8-2-3-9-18(16)25-21(22)28/h2-4,6,8-10,15,17H,5,7,11-13H2,1H3,(H,24,27)(H,25,28)/t15-,17-,22+/m1/s1. The Morgan fingerprint density at radius 1 is 1.32 bits per heavy atom. The molecule has 3 aliphatic rings. The summed E-state index contributed by atoms with van der Waals surface area (Å²) >= 11 is 0. The normalized spacial score (nSPS) is 28.2. The highest BCUT2D eigenvalue weighted by molar-refractivity contribution is 6.09. The zero-order valence-electron chi connectivity index (χ0n) is 15.9. The minimum atomic E-state index is -0.888. The summed E-state index contributed by atoms with van der Waals surface area (Å²) in [5.41, 5.74) is 2.80. The molecule has 28 heavy (non-hydrogen) atoms. The maximum absolute atomic E-state index is 13.3. The van der Waals surface area contributed by atoms with Crippen LogP contribution in [-0.4, -0.2) is 34.3 Å². The van der Waals surface area contributed by atoms with Crippen molar-refractivity contribution >= 4 is 17.5 Å². The first-order chi connectivity index (χ1) is 13.6. The van der Waals surface area contributed by atoms with Gasteiger partial charge in [0.05, 0.1) is 18.2 Å². The highest BCUT2D eigenvalue weighted by Crippen LogP contribution is 2.55. The fourth-order valence-corrected chi connectivity index (χ4v) is 5.38. The summed E-state index contributed by atoms with van der Waals surface area (Å²) in [5, 5.41) is 6.10. The number of anilines is 1. The molecule has 3 aliphatic heterocycles. The number of carbonyl (C=O) groups excluding carboxylic acids is 2. The molecule has 2 fully saturated rings. The van der Waals surface area contributed by atoms with E-state index in [0.717, 1.165) is 48.3 Å². The number of carbonyl (C=O) groups is 2. The van der Waals surface area contributed by atoms with Crippen LogP contribution in [0.1, 0.15) is 36.1 Å². The van der Waals surface area contributed by atoms with Gasteiger partial charge in [0.25, 0.3) is 0 Å². The fourth-order valence-electron chi connectivity index (χ4n) is 5.38. The molecule has 2 saturated heterocycles. The largest absolute Gasteiger partial charge is 0.350 e. The minimum absolute atomic E-state index is 0.0627. The Kier molecular flexibility index (Phi) is 3.98. The first-order valence-corrected chi connectivity index (χ1v) is 9.98. The maximum atomic E-state index is 13.3. The van der Waals surface area contributed by atoms with Crippen LogP contribution in [0.15, 0.2) is 42.6 Å². The van der Waals surface area contributed by atoms with Crippen molar-refractivity contribution in [2.24, 2.45) is 5.92 Å². The molecule has 4 heterocycles. The van der Waals surface area contributed by atoms with Gasteiger partial charge in [0, 0.05) is 23.5 Å². The van der Waals surface area contributed by atoms with Crippen LogP contribution in [0.25, 0.3) is 0 Å². The molecule has 144 valence electrons. The second-order valence-electron chi connectivity index (χ2n) is 8.03. The number of hydrogen-bond donors (Lipinski definition) is 2. The Hall–Kier alpha value is -2.73. The van der Waals surface area contributed by atoms with E-state index in [4.69, 9.17) is 0 Å². The van der Waals surface area contributed by atoms with E-state index >= 15 is 0 Å². The lowest BCUT2D eigenvalue weighted by molar-refractivity contribution is -0.137. The van der Waals surface area contributed by atoms with Gasteiger partial charge in [-0.05, 0) is 50.4 Å². The Morgan fingerprint density at radius 2 is 2.18 bits per heavy atom. The molecule has 0 bridgehead atoms. The molecule has 3 atom stereocenters. The Bertz CT molecular complexity index is 959. The molecule has 1 aromatic carbocycles. The number of aromatic nitrogens is 1. The van der Waals surface area contributed by atoms with Crippen molar-refractivity contribution in [3.8, 4) is 0 Å². The Labute approximate surface area is 164 Å². The van der Waals surface area contributed by atoms with Crippen molar-refractivity contribution in [2.75, 3.05) is 11.9 Å². The number of pyridine rings is 1. The average molecular weight is 376 g/mol. The molecule has 6 heteroatoms. The lowest BCUT2D eigenvalue weighted by Crippen LogP contribution is -2.54. The van der Waals surface area contributed by atoms with Crippen LogP contribution in [-0.2, 0) is 21.7 Å². The molecule has 2 aromatic rings. The molecule has 2 N–H and O–H groups in total. The lowest BCUT2D eigenvalue weighted by Gasteiger charge is -2.36. The third-order valence-electron chi connectivity index (χ3n) is 6.64. The van der Waals surface area contributed by atoms with Gasteiger partial charge in [-0.1, -0.05) is 24.3 Å². The second kappa shape index (κ2) is 6.41.